The molecule has 0 amide bonds. The van der Waals surface area contributed by atoms with E-state index in [1.807, 2.05) is 19.9 Å². The number of ether oxygens (including phenoxy) is 1. The van der Waals surface area contributed by atoms with E-state index in [4.69, 9.17) is 4.74 Å². The molecule has 0 bridgehead atoms. The predicted molar refractivity (Wildman–Crippen MR) is 72.3 cm³/mol. The smallest absolute Gasteiger partial charge is 0.308 e. The Morgan fingerprint density at radius 2 is 2.20 bits per heavy atom. The van der Waals surface area contributed by atoms with Crippen molar-refractivity contribution in [1.29, 1.82) is 0 Å². The van der Waals surface area contributed by atoms with Crippen LogP contribution in [-0.4, -0.2) is 32.2 Å². The molecule has 6 nitrogen and oxygen atoms in total. The summed E-state index contributed by atoms with van der Waals surface area (Å²) in [7, 11) is 0. The lowest BCUT2D eigenvalue weighted by Gasteiger charge is -2.01. The van der Waals surface area contributed by atoms with Crippen LogP contribution in [-0.2, 0) is 16.0 Å². The van der Waals surface area contributed by atoms with Gasteiger partial charge < -0.3 is 4.74 Å². The van der Waals surface area contributed by atoms with Crippen LogP contribution in [0.3, 0.4) is 0 Å². The molecule has 0 aliphatic heterocycles. The Bertz CT molecular complexity index is 646. The number of esters is 1. The second-order valence-corrected chi connectivity index (χ2v) is 5.32. The summed E-state index contributed by atoms with van der Waals surface area (Å²) in [5, 5.41) is 4.42. The molecular weight excluding hydrogens is 256 g/mol. The number of hydrogen-bond acceptors (Lipinski definition) is 5. The summed E-state index contributed by atoms with van der Waals surface area (Å²) in [6, 6.07) is 1.98. The quantitative estimate of drug-likeness (QED) is 0.612. The molecule has 2 aromatic rings. The van der Waals surface area contributed by atoms with Crippen molar-refractivity contribution in [1.82, 2.24) is 19.6 Å². The number of hydrogen-bond donors (Lipinski definition) is 0. The Labute approximate surface area is 117 Å². The summed E-state index contributed by atoms with van der Waals surface area (Å²) >= 11 is 0. The molecule has 1 aliphatic carbocycles. The SMILES string of the molecule is Cc1cc(C)n2nc(CCCOC(=O)C3CC3)nc2n1. The Hall–Kier alpha value is -1.98. The van der Waals surface area contributed by atoms with Gasteiger partial charge in [-0.15, -0.1) is 5.10 Å². The predicted octanol–water partition coefficient (Wildman–Crippen LogP) is 1.63. The van der Waals surface area contributed by atoms with Crippen LogP contribution >= 0.6 is 0 Å². The van der Waals surface area contributed by atoms with Crippen LogP contribution in [0.1, 0.15) is 36.5 Å². The first kappa shape index (κ1) is 13.0. The largest absolute Gasteiger partial charge is 0.465 e. The van der Waals surface area contributed by atoms with Gasteiger partial charge in [-0.25, -0.2) is 9.50 Å². The number of nitrogens with zero attached hydrogens (tertiary/aromatic N) is 4. The third-order valence-corrected chi connectivity index (χ3v) is 3.36. The van der Waals surface area contributed by atoms with Crippen LogP contribution in [0, 0.1) is 19.8 Å². The molecule has 3 rings (SSSR count). The fourth-order valence-corrected chi connectivity index (χ4v) is 2.15. The topological polar surface area (TPSA) is 69.4 Å². The van der Waals surface area contributed by atoms with E-state index in [1.54, 1.807) is 4.52 Å². The normalized spacial score (nSPS) is 14.7. The lowest BCUT2D eigenvalue weighted by Crippen LogP contribution is -2.08. The zero-order valence-corrected chi connectivity index (χ0v) is 11.8. The average molecular weight is 274 g/mol. The first-order valence-corrected chi connectivity index (χ1v) is 7.00. The van der Waals surface area contributed by atoms with Gasteiger partial charge in [0.15, 0.2) is 5.82 Å². The van der Waals surface area contributed by atoms with Gasteiger partial charge in [-0.05, 0) is 39.2 Å². The molecule has 1 aliphatic rings. The number of carbonyl (C=O) groups excluding carboxylic acids is 1. The van der Waals surface area contributed by atoms with Crippen LogP contribution in [0.15, 0.2) is 6.07 Å². The monoisotopic (exact) mass is 274 g/mol. The van der Waals surface area contributed by atoms with Crippen LogP contribution in [0.4, 0.5) is 0 Å². The van der Waals surface area contributed by atoms with Crippen molar-refractivity contribution in [2.75, 3.05) is 6.61 Å². The fourth-order valence-electron chi connectivity index (χ4n) is 2.15. The van der Waals surface area contributed by atoms with Gasteiger partial charge in [-0.2, -0.15) is 4.98 Å². The minimum atomic E-state index is -0.0545. The molecule has 1 saturated carbocycles. The first-order valence-electron chi connectivity index (χ1n) is 7.00. The van der Waals surface area contributed by atoms with Crippen molar-refractivity contribution in [3.05, 3.63) is 23.3 Å². The van der Waals surface area contributed by atoms with Crippen LogP contribution in [0.5, 0.6) is 0 Å². The van der Waals surface area contributed by atoms with E-state index in [0.717, 1.165) is 36.5 Å². The lowest BCUT2D eigenvalue weighted by atomic mass is 10.3. The van der Waals surface area contributed by atoms with Crippen molar-refractivity contribution in [2.45, 2.75) is 39.5 Å². The standard InChI is InChI=1S/C14H18N4O2/c1-9-8-10(2)18-14(15-9)16-12(17-18)4-3-7-20-13(19)11-5-6-11/h8,11H,3-7H2,1-2H3. The molecule has 0 unspecified atom stereocenters. The molecular formula is C14H18N4O2. The van der Waals surface area contributed by atoms with Crippen molar-refractivity contribution in [3.8, 4) is 0 Å². The highest BCUT2D eigenvalue weighted by Gasteiger charge is 2.30. The zero-order valence-electron chi connectivity index (χ0n) is 11.8. The maximum atomic E-state index is 11.4. The number of carbonyl (C=O) groups is 1. The van der Waals surface area contributed by atoms with Gasteiger partial charge in [0.05, 0.1) is 12.5 Å². The van der Waals surface area contributed by atoms with Crippen molar-refractivity contribution >= 4 is 11.7 Å². The average Bonchev–Trinajstić information content (AvgIpc) is 3.16. The molecule has 0 spiro atoms. The highest BCUT2D eigenvalue weighted by atomic mass is 16.5. The number of rotatable bonds is 5. The van der Waals surface area contributed by atoms with Crippen LogP contribution < -0.4 is 0 Å². The third kappa shape index (κ3) is 2.79. The molecule has 0 N–H and O–H groups in total. The van der Waals surface area contributed by atoms with Crippen molar-refractivity contribution < 1.29 is 9.53 Å². The maximum absolute atomic E-state index is 11.4. The number of aryl methyl sites for hydroxylation is 3. The third-order valence-electron chi connectivity index (χ3n) is 3.36. The summed E-state index contributed by atoms with van der Waals surface area (Å²) in [6.07, 6.45) is 3.40. The van der Waals surface area contributed by atoms with Gasteiger partial charge in [0.25, 0.3) is 5.78 Å². The van der Waals surface area contributed by atoms with Gasteiger partial charge in [0, 0.05) is 17.8 Å². The second kappa shape index (κ2) is 5.19. The molecule has 0 saturated heterocycles. The van der Waals surface area contributed by atoms with E-state index >= 15 is 0 Å². The number of fused-ring (bicyclic) bond motifs is 1. The minimum Gasteiger partial charge on any atom is -0.465 e. The zero-order chi connectivity index (χ0) is 14.1. The Morgan fingerprint density at radius 3 is 2.95 bits per heavy atom. The van der Waals surface area contributed by atoms with Gasteiger partial charge in [0.1, 0.15) is 0 Å². The van der Waals surface area contributed by atoms with E-state index in [1.165, 1.54) is 0 Å². The molecule has 0 aromatic carbocycles. The van der Waals surface area contributed by atoms with E-state index < -0.39 is 0 Å². The molecule has 20 heavy (non-hydrogen) atoms. The number of aromatic nitrogens is 4. The van der Waals surface area contributed by atoms with Crippen LogP contribution in [0.2, 0.25) is 0 Å². The molecule has 6 heteroatoms. The highest BCUT2D eigenvalue weighted by Crippen LogP contribution is 2.30. The summed E-state index contributed by atoms with van der Waals surface area (Å²) in [5.74, 6) is 1.49. The Morgan fingerprint density at radius 1 is 1.40 bits per heavy atom. The van der Waals surface area contributed by atoms with E-state index in [9.17, 15) is 4.79 Å². The molecule has 2 aromatic heterocycles. The van der Waals surface area contributed by atoms with Gasteiger partial charge in [0.2, 0.25) is 0 Å². The summed E-state index contributed by atoms with van der Waals surface area (Å²) in [6.45, 7) is 4.37. The van der Waals surface area contributed by atoms with E-state index in [0.29, 0.717) is 18.8 Å². The van der Waals surface area contributed by atoms with Gasteiger partial charge in [-0.1, -0.05) is 0 Å². The fraction of sp³-hybridized carbons (Fsp3) is 0.571. The van der Waals surface area contributed by atoms with Gasteiger partial charge in [-0.3, -0.25) is 4.79 Å². The van der Waals surface area contributed by atoms with E-state index in [2.05, 4.69) is 15.1 Å². The Kier molecular flexibility index (Phi) is 3.38. The van der Waals surface area contributed by atoms with Gasteiger partial charge >= 0.3 is 5.97 Å². The van der Waals surface area contributed by atoms with Crippen LogP contribution in [0.25, 0.3) is 5.78 Å². The first-order chi connectivity index (χ1) is 9.63. The molecule has 1 fully saturated rings. The Balaban J connectivity index is 1.57. The molecule has 106 valence electrons. The highest BCUT2D eigenvalue weighted by molar-refractivity contribution is 5.74. The van der Waals surface area contributed by atoms with Crippen molar-refractivity contribution in [2.24, 2.45) is 5.92 Å². The summed E-state index contributed by atoms with van der Waals surface area (Å²) < 4.78 is 6.94. The second-order valence-electron chi connectivity index (χ2n) is 5.32. The van der Waals surface area contributed by atoms with E-state index in [-0.39, 0.29) is 11.9 Å². The lowest BCUT2D eigenvalue weighted by molar-refractivity contribution is -0.145. The van der Waals surface area contributed by atoms with Crippen molar-refractivity contribution in [3.63, 3.8) is 0 Å². The summed E-state index contributed by atoms with van der Waals surface area (Å²) in [5.41, 5.74) is 1.96. The maximum Gasteiger partial charge on any atom is 0.308 e. The molecule has 2 heterocycles. The molecule has 0 radical (unpaired) electrons. The summed E-state index contributed by atoms with van der Waals surface area (Å²) in [4.78, 5) is 20.1. The molecule has 0 atom stereocenters. The minimum absolute atomic E-state index is 0.0545.